The summed E-state index contributed by atoms with van der Waals surface area (Å²) in [5.41, 5.74) is 1.39. The van der Waals surface area contributed by atoms with Crippen molar-refractivity contribution >= 4 is 17.6 Å². The van der Waals surface area contributed by atoms with Gasteiger partial charge in [-0.25, -0.2) is 9.78 Å². The zero-order valence-corrected chi connectivity index (χ0v) is 12.0. The number of carbonyl (C=O) groups is 2. The maximum atomic E-state index is 11.9. The molecule has 0 aliphatic heterocycles. The van der Waals surface area contributed by atoms with Gasteiger partial charge in [-0.3, -0.25) is 4.79 Å². The van der Waals surface area contributed by atoms with Crippen LogP contribution in [-0.4, -0.2) is 28.0 Å². The number of imidazole rings is 1. The lowest BCUT2D eigenvalue weighted by Gasteiger charge is -2.05. The van der Waals surface area contributed by atoms with Crippen LogP contribution in [0.4, 0.5) is 5.69 Å². The van der Waals surface area contributed by atoms with E-state index < -0.39 is 0 Å². The zero-order valence-electron chi connectivity index (χ0n) is 12.0. The second-order valence-corrected chi connectivity index (χ2v) is 4.59. The molecule has 6 nitrogen and oxygen atoms in total. The summed E-state index contributed by atoms with van der Waals surface area (Å²) in [5, 5.41) is 2.71. The number of hydrogen-bond acceptors (Lipinski definition) is 4. The van der Waals surface area contributed by atoms with Gasteiger partial charge in [-0.15, -0.1) is 0 Å². The highest BCUT2D eigenvalue weighted by Gasteiger charge is 2.10. The largest absolute Gasteiger partial charge is 0.462 e. The number of hydrogen-bond donors (Lipinski definition) is 1. The molecular formula is C15H17N3O3. The molecule has 1 aromatic heterocycles. The molecule has 21 heavy (non-hydrogen) atoms. The fourth-order valence-electron chi connectivity index (χ4n) is 1.69. The Morgan fingerprint density at radius 3 is 2.57 bits per heavy atom. The van der Waals surface area contributed by atoms with Crippen LogP contribution in [0.25, 0.3) is 0 Å². The maximum Gasteiger partial charge on any atom is 0.338 e. The van der Waals surface area contributed by atoms with Crippen LogP contribution in [-0.2, 0) is 11.8 Å². The Morgan fingerprint density at radius 2 is 2.00 bits per heavy atom. The molecule has 6 heteroatoms. The Bertz CT molecular complexity index is 632. The van der Waals surface area contributed by atoms with Gasteiger partial charge in [-0.2, -0.15) is 0 Å². The lowest BCUT2D eigenvalue weighted by Crippen LogP contribution is -2.12. The Morgan fingerprint density at radius 1 is 1.29 bits per heavy atom. The molecule has 1 amide bonds. The van der Waals surface area contributed by atoms with Crippen LogP contribution in [0, 0.1) is 0 Å². The van der Waals surface area contributed by atoms with Crippen LogP contribution in [0.2, 0.25) is 0 Å². The van der Waals surface area contributed by atoms with E-state index in [1.807, 2.05) is 6.92 Å². The second kappa shape index (κ2) is 6.69. The number of anilines is 1. The Balaban J connectivity index is 1.99. The molecule has 0 unspecified atom stereocenters. The van der Waals surface area contributed by atoms with Gasteiger partial charge in [-0.05, 0) is 30.7 Å². The first-order valence-corrected chi connectivity index (χ1v) is 6.66. The van der Waals surface area contributed by atoms with Crippen LogP contribution in [0.1, 0.15) is 34.2 Å². The van der Waals surface area contributed by atoms with Gasteiger partial charge in [0.05, 0.1) is 18.5 Å². The first-order chi connectivity index (χ1) is 10.1. The van der Waals surface area contributed by atoms with Crippen molar-refractivity contribution in [1.29, 1.82) is 0 Å². The molecule has 110 valence electrons. The van der Waals surface area contributed by atoms with Gasteiger partial charge in [0.15, 0.2) is 0 Å². The smallest absolute Gasteiger partial charge is 0.338 e. The molecule has 2 rings (SSSR count). The SMILES string of the molecule is CCCOC(=O)c1ccc(NC(=O)c2cn(C)cn2)cc1. The summed E-state index contributed by atoms with van der Waals surface area (Å²) < 4.78 is 6.73. The van der Waals surface area contributed by atoms with Gasteiger partial charge in [0.1, 0.15) is 5.69 Å². The topological polar surface area (TPSA) is 73.2 Å². The average Bonchev–Trinajstić information content (AvgIpc) is 2.92. The van der Waals surface area contributed by atoms with Crippen molar-refractivity contribution in [2.75, 3.05) is 11.9 Å². The highest BCUT2D eigenvalue weighted by atomic mass is 16.5. The van der Waals surface area contributed by atoms with Gasteiger partial charge < -0.3 is 14.6 Å². The lowest BCUT2D eigenvalue weighted by molar-refractivity contribution is 0.0505. The first kappa shape index (κ1) is 14.8. The minimum atomic E-state index is -0.362. The molecule has 0 saturated heterocycles. The van der Waals surface area contributed by atoms with E-state index in [4.69, 9.17) is 4.74 Å². The van der Waals surface area contributed by atoms with E-state index in [0.717, 1.165) is 6.42 Å². The summed E-state index contributed by atoms with van der Waals surface area (Å²) in [4.78, 5) is 27.5. The van der Waals surface area contributed by atoms with E-state index in [0.29, 0.717) is 23.6 Å². The lowest BCUT2D eigenvalue weighted by atomic mass is 10.2. The first-order valence-electron chi connectivity index (χ1n) is 6.66. The van der Waals surface area contributed by atoms with Gasteiger partial charge in [0.25, 0.3) is 5.91 Å². The summed E-state index contributed by atoms with van der Waals surface area (Å²) in [7, 11) is 1.79. The molecular weight excluding hydrogens is 270 g/mol. The Kier molecular flexibility index (Phi) is 4.71. The number of rotatable bonds is 5. The molecule has 0 fully saturated rings. The van der Waals surface area contributed by atoms with E-state index in [9.17, 15) is 9.59 Å². The van der Waals surface area contributed by atoms with Crippen LogP contribution in [0.5, 0.6) is 0 Å². The van der Waals surface area contributed by atoms with Crippen molar-refractivity contribution in [2.24, 2.45) is 7.05 Å². The van der Waals surface area contributed by atoms with Crippen molar-refractivity contribution in [3.8, 4) is 0 Å². The van der Waals surface area contributed by atoms with Crippen molar-refractivity contribution in [3.05, 3.63) is 48.0 Å². The molecule has 2 aromatic rings. The number of aryl methyl sites for hydroxylation is 1. The quantitative estimate of drug-likeness (QED) is 0.856. The number of nitrogens with zero attached hydrogens (tertiary/aromatic N) is 2. The summed E-state index contributed by atoms with van der Waals surface area (Å²) in [6.07, 6.45) is 3.97. The normalized spacial score (nSPS) is 10.2. The summed E-state index contributed by atoms with van der Waals surface area (Å²) in [5.74, 6) is -0.656. The zero-order chi connectivity index (χ0) is 15.2. The molecule has 0 aliphatic rings. The van der Waals surface area contributed by atoms with E-state index >= 15 is 0 Å². The molecule has 1 N–H and O–H groups in total. The van der Waals surface area contributed by atoms with E-state index in [-0.39, 0.29) is 11.9 Å². The van der Waals surface area contributed by atoms with Crippen molar-refractivity contribution in [2.45, 2.75) is 13.3 Å². The highest BCUT2D eigenvalue weighted by Crippen LogP contribution is 2.12. The average molecular weight is 287 g/mol. The Hall–Kier alpha value is -2.63. The Labute approximate surface area is 122 Å². The van der Waals surface area contributed by atoms with Gasteiger partial charge in [0, 0.05) is 18.9 Å². The van der Waals surface area contributed by atoms with E-state index in [2.05, 4.69) is 10.3 Å². The molecule has 0 aliphatic carbocycles. The van der Waals surface area contributed by atoms with Crippen LogP contribution >= 0.6 is 0 Å². The third-order valence-corrected chi connectivity index (χ3v) is 2.75. The number of ether oxygens (including phenoxy) is 1. The number of nitrogens with one attached hydrogen (secondary N) is 1. The number of benzene rings is 1. The van der Waals surface area contributed by atoms with Crippen LogP contribution < -0.4 is 5.32 Å². The number of esters is 1. The third-order valence-electron chi connectivity index (χ3n) is 2.75. The predicted octanol–water partition coefficient (Wildman–Crippen LogP) is 2.24. The van der Waals surface area contributed by atoms with Crippen molar-refractivity contribution in [1.82, 2.24) is 9.55 Å². The fraction of sp³-hybridized carbons (Fsp3) is 0.267. The van der Waals surface area contributed by atoms with E-state index in [1.165, 1.54) is 0 Å². The molecule has 1 aromatic carbocycles. The summed E-state index contributed by atoms with van der Waals surface area (Å²) >= 11 is 0. The predicted molar refractivity (Wildman–Crippen MR) is 78.2 cm³/mol. The summed E-state index contributed by atoms with van der Waals surface area (Å²) in [6, 6.07) is 6.55. The monoisotopic (exact) mass is 287 g/mol. The standard InChI is InChI=1S/C15H17N3O3/c1-3-8-21-15(20)11-4-6-12(7-5-11)17-14(19)13-9-18(2)10-16-13/h4-7,9-10H,3,8H2,1-2H3,(H,17,19). The number of aromatic nitrogens is 2. The van der Waals surface area contributed by atoms with Crippen molar-refractivity contribution in [3.63, 3.8) is 0 Å². The van der Waals surface area contributed by atoms with Gasteiger partial charge in [0.2, 0.25) is 0 Å². The molecule has 0 bridgehead atoms. The van der Waals surface area contributed by atoms with Gasteiger partial charge >= 0.3 is 5.97 Å². The van der Waals surface area contributed by atoms with Crippen LogP contribution in [0.15, 0.2) is 36.8 Å². The molecule has 0 atom stereocenters. The van der Waals surface area contributed by atoms with Crippen LogP contribution in [0.3, 0.4) is 0 Å². The summed E-state index contributed by atoms with van der Waals surface area (Å²) in [6.45, 7) is 2.33. The molecule has 0 spiro atoms. The molecule has 1 heterocycles. The molecule has 0 saturated carbocycles. The molecule has 0 radical (unpaired) electrons. The second-order valence-electron chi connectivity index (χ2n) is 4.59. The minimum Gasteiger partial charge on any atom is -0.462 e. The number of amides is 1. The fourth-order valence-corrected chi connectivity index (χ4v) is 1.69. The third kappa shape index (κ3) is 3.92. The van der Waals surface area contributed by atoms with E-state index in [1.54, 1.807) is 48.4 Å². The van der Waals surface area contributed by atoms with Gasteiger partial charge in [-0.1, -0.05) is 6.92 Å². The minimum absolute atomic E-state index is 0.295. The number of carbonyl (C=O) groups excluding carboxylic acids is 2. The highest BCUT2D eigenvalue weighted by molar-refractivity contribution is 6.03. The van der Waals surface area contributed by atoms with Crippen molar-refractivity contribution < 1.29 is 14.3 Å². The maximum absolute atomic E-state index is 11.9.